The molecule has 0 aromatic heterocycles. The normalized spacial score (nSPS) is 20.5. The van der Waals surface area contributed by atoms with Gasteiger partial charge in [0.25, 0.3) is 0 Å². The van der Waals surface area contributed by atoms with Gasteiger partial charge < -0.3 is 4.74 Å². The fourth-order valence-electron chi connectivity index (χ4n) is 1.91. The van der Waals surface area contributed by atoms with Gasteiger partial charge in [-0.2, -0.15) is 4.99 Å². The molecule has 0 fully saturated rings. The van der Waals surface area contributed by atoms with Gasteiger partial charge >= 0.3 is 0 Å². The molecule has 0 spiro atoms. The molecule has 0 N–H and O–H groups in total. The molecular formula is C16H12N2O. The third-order valence-corrected chi connectivity index (χ3v) is 2.81. The molecule has 2 aliphatic heterocycles. The Morgan fingerprint density at radius 2 is 2.16 bits per heavy atom. The number of nitrogens with zero attached hydrogens (tertiary/aromatic N) is 2. The fourth-order valence-corrected chi connectivity index (χ4v) is 1.91. The van der Waals surface area contributed by atoms with Crippen LogP contribution >= 0.6 is 0 Å². The summed E-state index contributed by atoms with van der Waals surface area (Å²) in [6, 6.07) is 7.90. The molecule has 3 rings (SSSR count). The minimum Gasteiger partial charge on any atom is -0.439 e. The van der Waals surface area contributed by atoms with Crippen molar-refractivity contribution in [1.82, 2.24) is 0 Å². The van der Waals surface area contributed by atoms with Crippen molar-refractivity contribution in [2.75, 3.05) is 6.54 Å². The molecule has 1 aromatic rings. The highest BCUT2D eigenvalue weighted by Gasteiger charge is 2.08. The number of benzene rings is 1. The van der Waals surface area contributed by atoms with Gasteiger partial charge in [-0.05, 0) is 24.1 Å². The van der Waals surface area contributed by atoms with Crippen LogP contribution in [0.2, 0.25) is 0 Å². The van der Waals surface area contributed by atoms with E-state index in [-0.39, 0.29) is 0 Å². The van der Waals surface area contributed by atoms with E-state index in [4.69, 9.17) is 4.74 Å². The second kappa shape index (κ2) is 4.92. The molecular weight excluding hydrogens is 236 g/mol. The number of fused-ring (bicyclic) bond motifs is 1. The van der Waals surface area contributed by atoms with Gasteiger partial charge in [-0.3, -0.25) is 4.99 Å². The smallest absolute Gasteiger partial charge is 0.232 e. The summed E-state index contributed by atoms with van der Waals surface area (Å²) in [4.78, 5) is 8.75. The summed E-state index contributed by atoms with van der Waals surface area (Å²) >= 11 is 0. The molecule has 0 bridgehead atoms. The average Bonchev–Trinajstić information content (AvgIpc) is 2.59. The van der Waals surface area contributed by atoms with Crippen LogP contribution in [0.1, 0.15) is 0 Å². The molecule has 0 aliphatic carbocycles. The molecule has 19 heavy (non-hydrogen) atoms. The Balaban J connectivity index is 2.18. The van der Waals surface area contributed by atoms with Crippen LogP contribution in [-0.4, -0.2) is 12.4 Å². The molecule has 92 valence electrons. The van der Waals surface area contributed by atoms with Gasteiger partial charge in [0.2, 0.25) is 5.88 Å². The van der Waals surface area contributed by atoms with Crippen LogP contribution in [0, 0.1) is 0 Å². The van der Waals surface area contributed by atoms with Crippen molar-refractivity contribution in [2.24, 2.45) is 9.98 Å². The molecule has 3 heteroatoms. The van der Waals surface area contributed by atoms with Gasteiger partial charge in [0.15, 0.2) is 0 Å². The van der Waals surface area contributed by atoms with Crippen molar-refractivity contribution in [3.05, 3.63) is 76.9 Å². The number of hydrogen-bond donors (Lipinski definition) is 0. The van der Waals surface area contributed by atoms with Gasteiger partial charge in [0, 0.05) is 10.8 Å². The van der Waals surface area contributed by atoms with Gasteiger partial charge in [-0.25, -0.2) is 0 Å². The van der Waals surface area contributed by atoms with E-state index in [0.717, 1.165) is 16.1 Å². The lowest BCUT2D eigenvalue weighted by atomic mass is 10.2. The fraction of sp³-hybridized carbons (Fsp3) is 0.0625. The maximum atomic E-state index is 5.68. The summed E-state index contributed by atoms with van der Waals surface area (Å²) in [5, 5.41) is 1.92. The second-order valence-electron chi connectivity index (χ2n) is 4.18. The standard InChI is InChI=1S/C16H12N2O/c1-12-10-13-6-2-3-8-15(13)18-11-14-7-4-5-9-17-16(14)19-12/h2-8,10H,1,11H2/b13-10-,18-15-. The Morgan fingerprint density at radius 3 is 3.11 bits per heavy atom. The van der Waals surface area contributed by atoms with Crippen molar-refractivity contribution in [3.63, 3.8) is 0 Å². The van der Waals surface area contributed by atoms with E-state index in [9.17, 15) is 0 Å². The van der Waals surface area contributed by atoms with Crippen molar-refractivity contribution >= 4 is 11.9 Å². The lowest BCUT2D eigenvalue weighted by Gasteiger charge is -2.06. The first-order valence-electron chi connectivity index (χ1n) is 6.00. The highest BCUT2D eigenvalue weighted by Crippen LogP contribution is 2.16. The van der Waals surface area contributed by atoms with Crippen LogP contribution in [0.5, 0.6) is 0 Å². The molecule has 0 atom stereocenters. The topological polar surface area (TPSA) is 34.0 Å². The van der Waals surface area contributed by atoms with Crippen molar-refractivity contribution < 1.29 is 4.74 Å². The number of rotatable bonds is 0. The number of hydrogen-bond acceptors (Lipinski definition) is 3. The van der Waals surface area contributed by atoms with E-state index < -0.39 is 0 Å². The molecule has 0 unspecified atom stereocenters. The average molecular weight is 248 g/mol. The molecule has 0 amide bonds. The van der Waals surface area contributed by atoms with Crippen LogP contribution in [0.15, 0.2) is 76.3 Å². The summed E-state index contributed by atoms with van der Waals surface area (Å²) in [6.45, 7) is 4.42. The van der Waals surface area contributed by atoms with Crippen LogP contribution in [0.25, 0.3) is 6.08 Å². The minimum absolute atomic E-state index is 0.503. The number of aliphatic imine (C=N–C) groups is 1. The van der Waals surface area contributed by atoms with E-state index in [1.807, 2.05) is 42.5 Å². The highest BCUT2D eigenvalue weighted by atomic mass is 16.5. The second-order valence-corrected chi connectivity index (χ2v) is 4.18. The lowest BCUT2D eigenvalue weighted by Crippen LogP contribution is -2.24. The molecule has 2 aliphatic rings. The SMILES string of the molecule is C=C1/C=c2/cccc/c2=N/CC2=C(N=C=CC=C2)O1. The summed E-state index contributed by atoms with van der Waals surface area (Å²) in [5.41, 5.74) is 0.910. The van der Waals surface area contributed by atoms with Gasteiger partial charge in [-0.1, -0.05) is 36.9 Å². The van der Waals surface area contributed by atoms with Gasteiger partial charge in [0.05, 0.1) is 11.9 Å². The zero-order valence-electron chi connectivity index (χ0n) is 10.3. The quantitative estimate of drug-likeness (QED) is 0.687. The largest absolute Gasteiger partial charge is 0.439 e. The van der Waals surface area contributed by atoms with E-state index in [0.29, 0.717) is 18.2 Å². The first kappa shape index (κ1) is 11.5. The van der Waals surface area contributed by atoms with E-state index >= 15 is 0 Å². The third kappa shape index (κ3) is 2.46. The highest BCUT2D eigenvalue weighted by molar-refractivity contribution is 5.59. The van der Waals surface area contributed by atoms with Gasteiger partial charge in [0.1, 0.15) is 5.76 Å². The molecule has 1 aromatic carbocycles. The summed E-state index contributed by atoms with van der Waals surface area (Å²) in [5.74, 6) is 3.83. The van der Waals surface area contributed by atoms with Crippen LogP contribution in [0.3, 0.4) is 0 Å². The number of allylic oxidation sites excluding steroid dienone is 3. The Kier molecular flexibility index (Phi) is 2.97. The lowest BCUT2D eigenvalue weighted by molar-refractivity contribution is 0.322. The first-order valence-corrected chi connectivity index (χ1v) is 6.00. The van der Waals surface area contributed by atoms with E-state index in [1.165, 1.54) is 0 Å². The summed E-state index contributed by atoms with van der Waals surface area (Å²) < 4.78 is 5.68. The molecule has 0 saturated carbocycles. The van der Waals surface area contributed by atoms with Gasteiger partial charge in [-0.15, -0.1) is 0 Å². The van der Waals surface area contributed by atoms with Crippen molar-refractivity contribution in [2.45, 2.75) is 0 Å². The predicted molar refractivity (Wildman–Crippen MR) is 75.0 cm³/mol. The zero-order chi connectivity index (χ0) is 13.1. The summed E-state index contributed by atoms with van der Waals surface area (Å²) in [6.07, 6.45) is 7.41. The van der Waals surface area contributed by atoms with Crippen LogP contribution in [-0.2, 0) is 4.74 Å². The third-order valence-electron chi connectivity index (χ3n) is 2.81. The monoisotopic (exact) mass is 248 g/mol. The van der Waals surface area contributed by atoms with Crippen LogP contribution < -0.4 is 10.6 Å². The Bertz CT molecular complexity index is 775. The maximum Gasteiger partial charge on any atom is 0.232 e. The maximum absolute atomic E-state index is 5.68. The van der Waals surface area contributed by atoms with Crippen LogP contribution in [0.4, 0.5) is 0 Å². The minimum atomic E-state index is 0.503. The molecule has 0 radical (unpaired) electrons. The Hall–Kier alpha value is -2.64. The molecule has 2 heterocycles. The van der Waals surface area contributed by atoms with Crippen molar-refractivity contribution in [1.29, 1.82) is 0 Å². The Morgan fingerprint density at radius 1 is 1.26 bits per heavy atom. The first-order chi connectivity index (χ1) is 9.33. The van der Waals surface area contributed by atoms with Crippen molar-refractivity contribution in [3.8, 4) is 0 Å². The molecule has 3 nitrogen and oxygen atoms in total. The number of para-hydroxylation sites is 1. The van der Waals surface area contributed by atoms with E-state index in [1.54, 1.807) is 6.08 Å². The van der Waals surface area contributed by atoms with E-state index in [2.05, 4.69) is 22.4 Å². The number of ether oxygens (including phenoxy) is 1. The predicted octanol–water partition coefficient (Wildman–Crippen LogP) is 1.64. The Labute approximate surface area is 111 Å². The summed E-state index contributed by atoms with van der Waals surface area (Å²) in [7, 11) is 0. The molecule has 0 saturated heterocycles. The zero-order valence-corrected chi connectivity index (χ0v) is 10.3.